The molecule has 2 rings (SSSR count). The Bertz CT molecular complexity index is 568. The van der Waals surface area contributed by atoms with Crippen LogP contribution >= 0.6 is 15.9 Å². The van der Waals surface area contributed by atoms with Crippen LogP contribution in [0.5, 0.6) is 0 Å². The molecule has 0 radical (unpaired) electrons. The SMILES string of the molecule is CC[C@@H](N)c1cncn1-c1cc(F)c(Br)cc1F. The Hall–Kier alpha value is -1.27. The van der Waals surface area contributed by atoms with Crippen LogP contribution in [-0.2, 0) is 0 Å². The highest BCUT2D eigenvalue weighted by Crippen LogP contribution is 2.25. The van der Waals surface area contributed by atoms with Crippen LogP contribution in [0.4, 0.5) is 8.78 Å². The number of nitrogens with zero attached hydrogens (tertiary/aromatic N) is 2. The summed E-state index contributed by atoms with van der Waals surface area (Å²) in [5.41, 5.74) is 6.66. The van der Waals surface area contributed by atoms with Gasteiger partial charge in [0.05, 0.1) is 28.4 Å². The van der Waals surface area contributed by atoms with Gasteiger partial charge in [0.25, 0.3) is 0 Å². The lowest BCUT2D eigenvalue weighted by Gasteiger charge is -2.14. The minimum absolute atomic E-state index is 0.0882. The first-order valence-electron chi connectivity index (χ1n) is 5.47. The second-order valence-corrected chi connectivity index (χ2v) is 4.78. The van der Waals surface area contributed by atoms with E-state index in [1.165, 1.54) is 10.9 Å². The Labute approximate surface area is 112 Å². The molecule has 6 heteroatoms. The van der Waals surface area contributed by atoms with E-state index >= 15 is 0 Å². The minimum atomic E-state index is -0.536. The molecule has 0 amide bonds. The second-order valence-electron chi connectivity index (χ2n) is 3.92. The van der Waals surface area contributed by atoms with Gasteiger partial charge in [-0.15, -0.1) is 0 Å². The van der Waals surface area contributed by atoms with Crippen molar-refractivity contribution in [3.63, 3.8) is 0 Å². The number of hydrogen-bond donors (Lipinski definition) is 1. The maximum Gasteiger partial charge on any atom is 0.148 e. The van der Waals surface area contributed by atoms with E-state index in [1.54, 1.807) is 6.20 Å². The van der Waals surface area contributed by atoms with Crippen molar-refractivity contribution in [3.8, 4) is 5.69 Å². The largest absolute Gasteiger partial charge is 0.323 e. The van der Waals surface area contributed by atoms with E-state index in [4.69, 9.17) is 5.73 Å². The zero-order valence-corrected chi connectivity index (χ0v) is 11.3. The standard InChI is InChI=1S/C12H12BrF2N3/c1-2-10(16)12-5-17-6-18(12)11-4-8(14)7(13)3-9(11)15/h3-6,10H,2,16H2,1H3/t10-/m1/s1. The lowest BCUT2D eigenvalue weighted by atomic mass is 10.1. The van der Waals surface area contributed by atoms with Gasteiger partial charge in [-0.1, -0.05) is 6.92 Å². The van der Waals surface area contributed by atoms with Gasteiger partial charge in [0.15, 0.2) is 0 Å². The maximum absolute atomic E-state index is 13.9. The highest BCUT2D eigenvalue weighted by Gasteiger charge is 2.15. The maximum atomic E-state index is 13.9. The Kier molecular flexibility index (Phi) is 3.77. The molecule has 0 aliphatic heterocycles. The molecule has 0 saturated heterocycles. The van der Waals surface area contributed by atoms with Crippen molar-refractivity contribution in [1.29, 1.82) is 0 Å². The normalized spacial score (nSPS) is 12.7. The summed E-state index contributed by atoms with van der Waals surface area (Å²) in [6.07, 6.45) is 3.68. The monoisotopic (exact) mass is 315 g/mol. The third-order valence-corrected chi connectivity index (χ3v) is 3.34. The third-order valence-electron chi connectivity index (χ3n) is 2.74. The van der Waals surface area contributed by atoms with Gasteiger partial charge < -0.3 is 5.73 Å². The van der Waals surface area contributed by atoms with Gasteiger partial charge in [-0.25, -0.2) is 13.8 Å². The molecule has 96 valence electrons. The topological polar surface area (TPSA) is 43.8 Å². The van der Waals surface area contributed by atoms with Gasteiger partial charge in [0.1, 0.15) is 11.6 Å². The summed E-state index contributed by atoms with van der Waals surface area (Å²) in [6.45, 7) is 1.92. The minimum Gasteiger partial charge on any atom is -0.323 e. The van der Waals surface area contributed by atoms with Gasteiger partial charge in [-0.05, 0) is 28.4 Å². The van der Waals surface area contributed by atoms with Crippen molar-refractivity contribution < 1.29 is 8.78 Å². The smallest absolute Gasteiger partial charge is 0.148 e. The molecule has 1 heterocycles. The van der Waals surface area contributed by atoms with Crippen molar-refractivity contribution in [2.24, 2.45) is 5.73 Å². The molecular weight excluding hydrogens is 304 g/mol. The second kappa shape index (κ2) is 5.16. The molecule has 0 spiro atoms. The van der Waals surface area contributed by atoms with Crippen molar-refractivity contribution in [1.82, 2.24) is 9.55 Å². The number of aromatic nitrogens is 2. The van der Waals surface area contributed by atoms with Crippen LogP contribution in [0.2, 0.25) is 0 Å². The third kappa shape index (κ3) is 2.30. The summed E-state index contributed by atoms with van der Waals surface area (Å²) in [5.74, 6) is -1.07. The highest BCUT2D eigenvalue weighted by molar-refractivity contribution is 9.10. The quantitative estimate of drug-likeness (QED) is 0.883. The van der Waals surface area contributed by atoms with Crippen molar-refractivity contribution in [2.75, 3.05) is 0 Å². The van der Waals surface area contributed by atoms with Crippen LogP contribution in [0.3, 0.4) is 0 Å². The van der Waals surface area contributed by atoms with Crippen molar-refractivity contribution in [2.45, 2.75) is 19.4 Å². The van der Waals surface area contributed by atoms with Gasteiger partial charge in [0.2, 0.25) is 0 Å². The lowest BCUT2D eigenvalue weighted by Crippen LogP contribution is -2.14. The van der Waals surface area contributed by atoms with E-state index in [2.05, 4.69) is 20.9 Å². The highest BCUT2D eigenvalue weighted by atomic mass is 79.9. The lowest BCUT2D eigenvalue weighted by molar-refractivity contribution is 0.580. The van der Waals surface area contributed by atoms with Gasteiger partial charge in [-0.2, -0.15) is 0 Å². The Morgan fingerprint density at radius 1 is 1.39 bits per heavy atom. The predicted molar refractivity (Wildman–Crippen MR) is 68.4 cm³/mol. The van der Waals surface area contributed by atoms with Gasteiger partial charge in [-0.3, -0.25) is 4.57 Å². The summed E-state index contributed by atoms with van der Waals surface area (Å²) in [4.78, 5) is 3.94. The average Bonchev–Trinajstić information content (AvgIpc) is 2.81. The molecule has 1 aromatic heterocycles. The molecule has 2 N–H and O–H groups in total. The zero-order chi connectivity index (χ0) is 13.3. The van der Waals surface area contributed by atoms with E-state index in [0.29, 0.717) is 12.1 Å². The molecule has 0 fully saturated rings. The Morgan fingerprint density at radius 2 is 2.11 bits per heavy atom. The van der Waals surface area contributed by atoms with E-state index in [-0.39, 0.29) is 16.2 Å². The number of hydrogen-bond acceptors (Lipinski definition) is 2. The van der Waals surface area contributed by atoms with E-state index in [0.717, 1.165) is 12.1 Å². The van der Waals surface area contributed by atoms with Crippen LogP contribution in [0, 0.1) is 11.6 Å². The van der Waals surface area contributed by atoms with E-state index < -0.39 is 11.6 Å². The van der Waals surface area contributed by atoms with Gasteiger partial charge >= 0.3 is 0 Å². The Balaban J connectivity index is 2.56. The number of benzene rings is 1. The molecule has 0 unspecified atom stereocenters. The fraction of sp³-hybridized carbons (Fsp3) is 0.250. The van der Waals surface area contributed by atoms with Crippen molar-refractivity contribution >= 4 is 15.9 Å². The molecular formula is C12H12BrF2N3. The first-order valence-corrected chi connectivity index (χ1v) is 6.26. The molecule has 2 aromatic rings. The zero-order valence-electron chi connectivity index (χ0n) is 9.70. The first kappa shape index (κ1) is 13.2. The fourth-order valence-electron chi connectivity index (χ4n) is 1.69. The van der Waals surface area contributed by atoms with Crippen molar-refractivity contribution in [3.05, 3.63) is 46.5 Å². The summed E-state index contributed by atoms with van der Waals surface area (Å²) >= 11 is 2.94. The summed E-state index contributed by atoms with van der Waals surface area (Å²) < 4.78 is 28.9. The number of nitrogens with two attached hydrogens (primary N) is 1. The van der Waals surface area contributed by atoms with Crippen LogP contribution in [-0.4, -0.2) is 9.55 Å². The van der Waals surface area contributed by atoms with Crippen LogP contribution in [0.25, 0.3) is 5.69 Å². The predicted octanol–water partition coefficient (Wildman–Crippen LogP) is 3.32. The number of rotatable bonds is 3. The molecule has 18 heavy (non-hydrogen) atoms. The first-order chi connectivity index (χ1) is 8.54. The molecule has 1 atom stereocenters. The average molecular weight is 316 g/mol. The molecule has 0 saturated carbocycles. The van der Waals surface area contributed by atoms with Crippen LogP contribution in [0.1, 0.15) is 25.1 Å². The molecule has 0 bridgehead atoms. The molecule has 0 aliphatic carbocycles. The van der Waals surface area contributed by atoms with E-state index in [9.17, 15) is 8.78 Å². The summed E-state index contributed by atoms with van der Waals surface area (Å²) in [7, 11) is 0. The molecule has 3 nitrogen and oxygen atoms in total. The van der Waals surface area contributed by atoms with Gasteiger partial charge in [0, 0.05) is 12.1 Å². The summed E-state index contributed by atoms with van der Waals surface area (Å²) in [5, 5.41) is 0. The summed E-state index contributed by atoms with van der Waals surface area (Å²) in [6, 6.07) is 1.94. The fourth-order valence-corrected chi connectivity index (χ4v) is 2.00. The number of imidazole rings is 1. The van der Waals surface area contributed by atoms with E-state index in [1.807, 2.05) is 6.92 Å². The van der Waals surface area contributed by atoms with Crippen LogP contribution in [0.15, 0.2) is 29.1 Å². The number of halogens is 3. The molecule has 0 aliphatic rings. The Morgan fingerprint density at radius 3 is 2.78 bits per heavy atom. The van der Waals surface area contributed by atoms with Crippen LogP contribution < -0.4 is 5.73 Å². The molecule has 1 aromatic carbocycles.